The van der Waals surface area contributed by atoms with Gasteiger partial charge in [0.2, 0.25) is 0 Å². The van der Waals surface area contributed by atoms with Gasteiger partial charge in [-0.1, -0.05) is 19.9 Å². The van der Waals surface area contributed by atoms with Gasteiger partial charge in [0.15, 0.2) is 0 Å². The van der Waals surface area contributed by atoms with Crippen LogP contribution in [-0.2, 0) is 9.53 Å². The summed E-state index contributed by atoms with van der Waals surface area (Å²) in [6.07, 6.45) is 2.52. The third-order valence-electron chi connectivity index (χ3n) is 3.19. The average molecular weight is 309 g/mol. The van der Waals surface area contributed by atoms with Crippen LogP contribution in [-0.4, -0.2) is 31.3 Å². The van der Waals surface area contributed by atoms with E-state index in [4.69, 9.17) is 4.74 Å². The molecule has 0 aliphatic carbocycles. The lowest BCUT2D eigenvalue weighted by Crippen LogP contribution is -2.42. The minimum absolute atomic E-state index is 0.237. The van der Waals surface area contributed by atoms with Crippen LogP contribution in [0.25, 0.3) is 0 Å². The van der Waals surface area contributed by atoms with Gasteiger partial charge in [-0.2, -0.15) is 0 Å². The van der Waals surface area contributed by atoms with Crippen molar-refractivity contribution in [3.8, 4) is 0 Å². The molecule has 1 aromatic carbocycles. The van der Waals surface area contributed by atoms with Crippen LogP contribution >= 0.6 is 11.8 Å². The summed E-state index contributed by atoms with van der Waals surface area (Å²) in [6.45, 7) is 5.89. The van der Waals surface area contributed by atoms with Gasteiger partial charge in [0.25, 0.3) is 5.91 Å². The Hall–Kier alpha value is -1.49. The molecule has 1 rings (SSSR count). The van der Waals surface area contributed by atoms with Gasteiger partial charge in [0.1, 0.15) is 6.04 Å². The number of amides is 1. The number of nitrogens with one attached hydrogen (secondary N) is 1. The van der Waals surface area contributed by atoms with E-state index in [1.165, 1.54) is 7.11 Å². The molecule has 0 bridgehead atoms. The Kier molecular flexibility index (Phi) is 6.75. The highest BCUT2D eigenvalue weighted by Gasteiger charge is 2.23. The molecule has 1 aromatic rings. The summed E-state index contributed by atoms with van der Waals surface area (Å²) in [5, 5.41) is 2.78. The van der Waals surface area contributed by atoms with Gasteiger partial charge in [0, 0.05) is 10.5 Å². The zero-order valence-corrected chi connectivity index (χ0v) is 14.0. The second-order valence-corrected chi connectivity index (χ2v) is 6.24. The number of aryl methyl sites for hydroxylation is 1. The minimum atomic E-state index is -0.611. The molecule has 116 valence electrons. The first kappa shape index (κ1) is 17.6. The molecule has 5 heteroatoms. The van der Waals surface area contributed by atoms with Crippen LogP contribution in [0.15, 0.2) is 23.1 Å². The Balaban J connectivity index is 2.93. The number of thioether (sulfide) groups is 1. The highest BCUT2D eigenvalue weighted by atomic mass is 32.2. The van der Waals surface area contributed by atoms with Gasteiger partial charge in [-0.15, -0.1) is 11.8 Å². The molecule has 0 spiro atoms. The zero-order chi connectivity index (χ0) is 16.0. The van der Waals surface area contributed by atoms with Gasteiger partial charge in [0.05, 0.1) is 7.11 Å². The number of ether oxygens (including phenoxy) is 1. The van der Waals surface area contributed by atoms with Crippen LogP contribution in [0.4, 0.5) is 0 Å². The largest absolute Gasteiger partial charge is 0.467 e. The topological polar surface area (TPSA) is 55.4 Å². The summed E-state index contributed by atoms with van der Waals surface area (Å²) in [6, 6.07) is 5.12. The van der Waals surface area contributed by atoms with E-state index >= 15 is 0 Å². The fourth-order valence-corrected chi connectivity index (χ4v) is 2.48. The van der Waals surface area contributed by atoms with Crippen molar-refractivity contribution in [2.45, 2.75) is 38.1 Å². The third-order valence-corrected chi connectivity index (χ3v) is 3.91. The van der Waals surface area contributed by atoms with Crippen LogP contribution in [0.1, 0.15) is 36.2 Å². The first-order valence-electron chi connectivity index (χ1n) is 6.92. The molecular weight excluding hydrogens is 286 g/mol. The molecular formula is C16H23NO3S. The van der Waals surface area contributed by atoms with Gasteiger partial charge < -0.3 is 10.1 Å². The molecule has 0 fully saturated rings. The van der Waals surface area contributed by atoms with E-state index in [1.807, 2.05) is 45.2 Å². The number of hydrogen-bond donors (Lipinski definition) is 1. The Labute approximate surface area is 130 Å². The van der Waals surface area contributed by atoms with Crippen molar-refractivity contribution in [1.82, 2.24) is 5.32 Å². The first-order chi connectivity index (χ1) is 9.88. The maximum Gasteiger partial charge on any atom is 0.328 e. The average Bonchev–Trinajstić information content (AvgIpc) is 2.45. The molecule has 4 nitrogen and oxygen atoms in total. The van der Waals surface area contributed by atoms with E-state index in [-0.39, 0.29) is 11.8 Å². The maximum atomic E-state index is 12.4. The zero-order valence-electron chi connectivity index (χ0n) is 13.2. The Morgan fingerprint density at radius 2 is 2.00 bits per heavy atom. The molecule has 1 unspecified atom stereocenters. The summed E-state index contributed by atoms with van der Waals surface area (Å²) in [4.78, 5) is 25.2. The fourth-order valence-electron chi connectivity index (χ4n) is 2.04. The summed E-state index contributed by atoms with van der Waals surface area (Å²) >= 11 is 1.58. The lowest BCUT2D eigenvalue weighted by molar-refractivity contribution is -0.143. The van der Waals surface area contributed by atoms with Crippen LogP contribution < -0.4 is 5.32 Å². The van der Waals surface area contributed by atoms with Crippen molar-refractivity contribution in [2.24, 2.45) is 5.92 Å². The number of hydrogen-bond acceptors (Lipinski definition) is 4. The van der Waals surface area contributed by atoms with E-state index in [1.54, 1.807) is 11.8 Å². The van der Waals surface area contributed by atoms with Crippen molar-refractivity contribution < 1.29 is 14.3 Å². The van der Waals surface area contributed by atoms with Crippen molar-refractivity contribution in [3.05, 3.63) is 29.3 Å². The Bertz CT molecular complexity index is 514. The highest BCUT2D eigenvalue weighted by molar-refractivity contribution is 7.98. The Morgan fingerprint density at radius 3 is 2.52 bits per heavy atom. The summed E-state index contributed by atoms with van der Waals surface area (Å²) < 4.78 is 4.77. The molecule has 1 atom stereocenters. The molecule has 1 N–H and O–H groups in total. The first-order valence-corrected chi connectivity index (χ1v) is 8.14. The van der Waals surface area contributed by atoms with Crippen LogP contribution in [0.3, 0.4) is 0 Å². The second kappa shape index (κ2) is 8.08. The smallest absolute Gasteiger partial charge is 0.328 e. The molecule has 0 heterocycles. The van der Waals surface area contributed by atoms with Gasteiger partial charge in [-0.3, -0.25) is 4.79 Å². The number of methoxy groups -OCH3 is 1. The van der Waals surface area contributed by atoms with E-state index in [0.717, 1.165) is 10.5 Å². The monoisotopic (exact) mass is 309 g/mol. The SMILES string of the molecule is COC(=O)C(CC(C)C)NC(=O)c1cc(SC)ccc1C. The van der Waals surface area contributed by atoms with Crippen LogP contribution in [0.5, 0.6) is 0 Å². The number of carbonyl (C=O) groups is 2. The summed E-state index contributed by atoms with van der Waals surface area (Å²) in [7, 11) is 1.33. The summed E-state index contributed by atoms with van der Waals surface area (Å²) in [5.41, 5.74) is 1.48. The van der Waals surface area contributed by atoms with Gasteiger partial charge in [-0.25, -0.2) is 4.79 Å². The van der Waals surface area contributed by atoms with Crippen molar-refractivity contribution in [2.75, 3.05) is 13.4 Å². The number of esters is 1. The molecule has 0 aliphatic heterocycles. The van der Waals surface area contributed by atoms with Crippen LogP contribution in [0, 0.1) is 12.8 Å². The van der Waals surface area contributed by atoms with Gasteiger partial charge in [-0.05, 0) is 43.2 Å². The number of benzene rings is 1. The van der Waals surface area contributed by atoms with Crippen molar-refractivity contribution in [1.29, 1.82) is 0 Å². The van der Waals surface area contributed by atoms with E-state index in [0.29, 0.717) is 12.0 Å². The predicted molar refractivity (Wildman–Crippen MR) is 85.7 cm³/mol. The lowest BCUT2D eigenvalue weighted by atomic mass is 10.0. The Morgan fingerprint density at radius 1 is 1.33 bits per heavy atom. The maximum absolute atomic E-state index is 12.4. The minimum Gasteiger partial charge on any atom is -0.467 e. The molecule has 0 aromatic heterocycles. The molecule has 21 heavy (non-hydrogen) atoms. The number of carbonyl (C=O) groups excluding carboxylic acids is 2. The van der Waals surface area contributed by atoms with E-state index < -0.39 is 12.0 Å². The third kappa shape index (κ3) is 5.08. The quantitative estimate of drug-likeness (QED) is 0.648. The van der Waals surface area contributed by atoms with Crippen LogP contribution in [0.2, 0.25) is 0 Å². The van der Waals surface area contributed by atoms with E-state index in [2.05, 4.69) is 5.32 Å². The van der Waals surface area contributed by atoms with E-state index in [9.17, 15) is 9.59 Å². The fraction of sp³-hybridized carbons (Fsp3) is 0.500. The predicted octanol–water partition coefficient (Wildman–Crippen LogP) is 3.03. The highest BCUT2D eigenvalue weighted by Crippen LogP contribution is 2.19. The van der Waals surface area contributed by atoms with Crippen molar-refractivity contribution >= 4 is 23.6 Å². The lowest BCUT2D eigenvalue weighted by Gasteiger charge is -2.19. The molecule has 1 amide bonds. The normalized spacial score (nSPS) is 12.1. The number of rotatable bonds is 6. The second-order valence-electron chi connectivity index (χ2n) is 5.36. The van der Waals surface area contributed by atoms with Crippen molar-refractivity contribution in [3.63, 3.8) is 0 Å². The van der Waals surface area contributed by atoms with Gasteiger partial charge >= 0.3 is 5.97 Å². The molecule has 0 radical (unpaired) electrons. The molecule has 0 saturated carbocycles. The summed E-state index contributed by atoms with van der Waals surface area (Å²) in [5.74, 6) is -0.358. The molecule has 0 saturated heterocycles. The standard InChI is InChI=1S/C16H23NO3S/c1-10(2)8-14(16(19)20-4)17-15(18)13-9-12(21-5)7-6-11(13)3/h6-7,9-10,14H,8H2,1-5H3,(H,17,18). The molecule has 0 aliphatic rings.